The highest BCUT2D eigenvalue weighted by Gasteiger charge is 2.23. The molecule has 0 unspecified atom stereocenters. The van der Waals surface area contributed by atoms with E-state index in [4.69, 9.17) is 4.74 Å². The van der Waals surface area contributed by atoms with Crippen LogP contribution >= 0.6 is 0 Å². The van der Waals surface area contributed by atoms with Crippen molar-refractivity contribution in [3.05, 3.63) is 0 Å². The van der Waals surface area contributed by atoms with Gasteiger partial charge in [-0.05, 0) is 19.8 Å². The van der Waals surface area contributed by atoms with Crippen LogP contribution in [-0.4, -0.2) is 57.0 Å². The SMILES string of the molecule is CCN(C[C@H]1CCCO1)C(=O)CS(C)(=O)=O. The van der Waals surface area contributed by atoms with E-state index in [-0.39, 0.29) is 12.0 Å². The normalized spacial score (nSPS) is 21.0. The van der Waals surface area contributed by atoms with Gasteiger partial charge in [-0.2, -0.15) is 0 Å². The van der Waals surface area contributed by atoms with Gasteiger partial charge in [-0.1, -0.05) is 0 Å². The largest absolute Gasteiger partial charge is 0.376 e. The zero-order valence-corrected chi connectivity index (χ0v) is 10.6. The minimum atomic E-state index is -3.24. The van der Waals surface area contributed by atoms with Gasteiger partial charge in [-0.25, -0.2) is 8.42 Å². The minimum absolute atomic E-state index is 0.0726. The number of ether oxygens (including phenoxy) is 1. The van der Waals surface area contributed by atoms with Gasteiger partial charge >= 0.3 is 0 Å². The third kappa shape index (κ3) is 4.49. The fraction of sp³-hybridized carbons (Fsp3) is 0.900. The summed E-state index contributed by atoms with van der Waals surface area (Å²) >= 11 is 0. The molecule has 0 aromatic heterocycles. The van der Waals surface area contributed by atoms with E-state index in [1.54, 1.807) is 4.90 Å². The number of nitrogens with zero attached hydrogens (tertiary/aromatic N) is 1. The second-order valence-electron chi connectivity index (χ2n) is 4.14. The Hall–Kier alpha value is -0.620. The topological polar surface area (TPSA) is 63.7 Å². The van der Waals surface area contributed by atoms with Crippen LogP contribution in [-0.2, 0) is 19.4 Å². The minimum Gasteiger partial charge on any atom is -0.376 e. The molecule has 1 rings (SSSR count). The van der Waals surface area contributed by atoms with Crippen LogP contribution in [0.4, 0.5) is 0 Å². The zero-order chi connectivity index (χ0) is 12.2. The first-order valence-electron chi connectivity index (χ1n) is 5.49. The molecule has 1 atom stereocenters. The summed E-state index contributed by atoms with van der Waals surface area (Å²) in [5.74, 6) is -0.742. The lowest BCUT2D eigenvalue weighted by Crippen LogP contribution is -2.40. The lowest BCUT2D eigenvalue weighted by atomic mass is 10.2. The molecule has 94 valence electrons. The van der Waals surface area contributed by atoms with Gasteiger partial charge in [0.05, 0.1) is 6.10 Å². The number of hydrogen-bond donors (Lipinski definition) is 0. The maximum atomic E-state index is 11.7. The molecule has 16 heavy (non-hydrogen) atoms. The third-order valence-corrected chi connectivity index (χ3v) is 3.34. The molecule has 0 aliphatic carbocycles. The van der Waals surface area contributed by atoms with E-state index in [1.807, 2.05) is 6.92 Å². The smallest absolute Gasteiger partial charge is 0.237 e. The fourth-order valence-electron chi connectivity index (χ4n) is 1.76. The second kappa shape index (κ2) is 5.63. The summed E-state index contributed by atoms with van der Waals surface area (Å²) in [6, 6.07) is 0. The zero-order valence-electron chi connectivity index (χ0n) is 9.81. The molecule has 6 heteroatoms. The number of rotatable bonds is 5. The first-order valence-corrected chi connectivity index (χ1v) is 7.55. The van der Waals surface area contributed by atoms with Gasteiger partial charge in [0.25, 0.3) is 0 Å². The summed E-state index contributed by atoms with van der Waals surface area (Å²) < 4.78 is 27.5. The highest BCUT2D eigenvalue weighted by atomic mass is 32.2. The van der Waals surface area contributed by atoms with Crippen LogP contribution in [0.1, 0.15) is 19.8 Å². The average Bonchev–Trinajstić information content (AvgIpc) is 2.63. The molecule has 0 spiro atoms. The molecule has 1 heterocycles. The van der Waals surface area contributed by atoms with Crippen LogP contribution in [0.15, 0.2) is 0 Å². The van der Waals surface area contributed by atoms with Gasteiger partial charge < -0.3 is 9.64 Å². The van der Waals surface area contributed by atoms with Crippen molar-refractivity contribution in [2.45, 2.75) is 25.9 Å². The number of carbonyl (C=O) groups excluding carboxylic acids is 1. The summed E-state index contributed by atoms with van der Waals surface area (Å²) in [4.78, 5) is 13.2. The van der Waals surface area contributed by atoms with E-state index >= 15 is 0 Å². The molecule has 0 bridgehead atoms. The van der Waals surface area contributed by atoms with Crippen molar-refractivity contribution in [3.8, 4) is 0 Å². The van der Waals surface area contributed by atoms with Crippen molar-refractivity contribution < 1.29 is 17.9 Å². The standard InChI is InChI=1S/C10H19NO4S/c1-3-11(7-9-5-4-6-15-9)10(12)8-16(2,13)14/h9H,3-8H2,1-2H3/t9-/m1/s1. The van der Waals surface area contributed by atoms with Crippen LogP contribution in [0.5, 0.6) is 0 Å². The van der Waals surface area contributed by atoms with Gasteiger partial charge in [-0.15, -0.1) is 0 Å². The van der Waals surface area contributed by atoms with Gasteiger partial charge in [0.15, 0.2) is 9.84 Å². The van der Waals surface area contributed by atoms with Gasteiger partial charge in [-0.3, -0.25) is 4.79 Å². The van der Waals surface area contributed by atoms with Crippen LogP contribution in [0.3, 0.4) is 0 Å². The van der Waals surface area contributed by atoms with Crippen molar-refractivity contribution >= 4 is 15.7 Å². The highest BCUT2D eigenvalue weighted by molar-refractivity contribution is 7.91. The highest BCUT2D eigenvalue weighted by Crippen LogP contribution is 2.13. The van der Waals surface area contributed by atoms with Crippen molar-refractivity contribution in [3.63, 3.8) is 0 Å². The summed E-state index contributed by atoms with van der Waals surface area (Å²) in [6.07, 6.45) is 3.11. The van der Waals surface area contributed by atoms with Crippen molar-refractivity contribution in [1.82, 2.24) is 4.90 Å². The summed E-state index contributed by atoms with van der Waals surface area (Å²) in [7, 11) is -3.24. The Labute approximate surface area is 96.7 Å². The number of likely N-dealkylation sites (N-methyl/N-ethyl adjacent to an activating group) is 1. The molecule has 1 amide bonds. The predicted molar refractivity (Wildman–Crippen MR) is 60.9 cm³/mol. The molecule has 0 saturated carbocycles. The van der Waals surface area contributed by atoms with Crippen LogP contribution in [0.25, 0.3) is 0 Å². The number of hydrogen-bond acceptors (Lipinski definition) is 4. The van der Waals surface area contributed by atoms with Gasteiger partial charge in [0.1, 0.15) is 5.75 Å². The number of carbonyl (C=O) groups is 1. The molecular weight excluding hydrogens is 230 g/mol. The van der Waals surface area contributed by atoms with E-state index in [1.165, 1.54) is 0 Å². The first kappa shape index (κ1) is 13.4. The molecule has 1 fully saturated rings. The Morgan fingerprint density at radius 1 is 1.50 bits per heavy atom. The molecular formula is C10H19NO4S. The van der Waals surface area contributed by atoms with Crippen molar-refractivity contribution in [2.24, 2.45) is 0 Å². The second-order valence-corrected chi connectivity index (χ2v) is 6.28. The molecule has 5 nitrogen and oxygen atoms in total. The fourth-order valence-corrected chi connectivity index (χ4v) is 2.39. The Bertz CT molecular complexity index is 333. The van der Waals surface area contributed by atoms with E-state index in [2.05, 4.69) is 0 Å². The molecule has 0 aromatic carbocycles. The van der Waals surface area contributed by atoms with Crippen LogP contribution in [0, 0.1) is 0 Å². The van der Waals surface area contributed by atoms with Gasteiger partial charge in [0.2, 0.25) is 5.91 Å². The van der Waals surface area contributed by atoms with Crippen molar-refractivity contribution in [2.75, 3.05) is 31.7 Å². The van der Waals surface area contributed by atoms with E-state index < -0.39 is 15.6 Å². The first-order chi connectivity index (χ1) is 7.42. The maximum Gasteiger partial charge on any atom is 0.237 e. The van der Waals surface area contributed by atoms with E-state index in [0.717, 1.165) is 25.7 Å². The predicted octanol–water partition coefficient (Wildman–Crippen LogP) is 0.0585. The van der Waals surface area contributed by atoms with Crippen molar-refractivity contribution in [1.29, 1.82) is 0 Å². The number of amides is 1. The molecule has 1 aliphatic rings. The summed E-state index contributed by atoms with van der Waals surface area (Å²) in [6.45, 7) is 3.61. The summed E-state index contributed by atoms with van der Waals surface area (Å²) in [5.41, 5.74) is 0. The Balaban J connectivity index is 2.49. The maximum absolute atomic E-state index is 11.7. The molecule has 0 N–H and O–H groups in total. The monoisotopic (exact) mass is 249 g/mol. The van der Waals surface area contributed by atoms with E-state index in [0.29, 0.717) is 13.1 Å². The molecule has 0 radical (unpaired) electrons. The third-order valence-electron chi connectivity index (χ3n) is 2.57. The Morgan fingerprint density at radius 3 is 2.62 bits per heavy atom. The molecule has 0 aromatic rings. The summed E-state index contributed by atoms with van der Waals surface area (Å²) in [5, 5.41) is 0. The Kier molecular flexibility index (Phi) is 4.73. The van der Waals surface area contributed by atoms with Crippen LogP contribution < -0.4 is 0 Å². The average molecular weight is 249 g/mol. The van der Waals surface area contributed by atoms with Crippen LogP contribution in [0.2, 0.25) is 0 Å². The lowest BCUT2D eigenvalue weighted by Gasteiger charge is -2.23. The van der Waals surface area contributed by atoms with E-state index in [9.17, 15) is 13.2 Å². The van der Waals surface area contributed by atoms with Gasteiger partial charge in [0, 0.05) is 26.0 Å². The lowest BCUT2D eigenvalue weighted by molar-refractivity contribution is -0.129. The quantitative estimate of drug-likeness (QED) is 0.691. The Morgan fingerprint density at radius 2 is 2.19 bits per heavy atom. The molecule has 1 saturated heterocycles. The molecule has 1 aliphatic heterocycles. The number of sulfone groups is 1.